The molecule has 94 valence electrons. The Morgan fingerprint density at radius 3 is 2.95 bits per heavy atom. The Kier molecular flexibility index (Phi) is 3.57. The molecule has 1 N–H and O–H groups in total. The third-order valence-corrected chi connectivity index (χ3v) is 4.19. The van der Waals surface area contributed by atoms with Crippen molar-refractivity contribution in [3.05, 3.63) is 57.2 Å². The number of anilines is 1. The summed E-state index contributed by atoms with van der Waals surface area (Å²) < 4.78 is 1.07. The number of para-hydroxylation sites is 1. The van der Waals surface area contributed by atoms with Crippen molar-refractivity contribution in [2.45, 2.75) is 0 Å². The van der Waals surface area contributed by atoms with Gasteiger partial charge in [0.2, 0.25) is 0 Å². The van der Waals surface area contributed by atoms with Crippen LogP contribution in [-0.2, 0) is 0 Å². The molecule has 0 saturated heterocycles. The molecule has 0 atom stereocenters. The number of hydrogen-bond donors (Lipinski definition) is 1. The SMILES string of the molecule is Brc1csc(/C=N/Nc2ccc3ccccc3n2)c1. The lowest BCUT2D eigenvalue weighted by atomic mass is 10.2. The van der Waals surface area contributed by atoms with Crippen LogP contribution in [0, 0.1) is 0 Å². The van der Waals surface area contributed by atoms with Gasteiger partial charge in [0, 0.05) is 20.1 Å². The van der Waals surface area contributed by atoms with Crippen LogP contribution in [0.15, 0.2) is 57.4 Å². The topological polar surface area (TPSA) is 37.3 Å². The molecule has 0 unspecified atom stereocenters. The monoisotopic (exact) mass is 331 g/mol. The van der Waals surface area contributed by atoms with Crippen molar-refractivity contribution in [1.82, 2.24) is 4.98 Å². The molecule has 3 aromatic rings. The lowest BCUT2D eigenvalue weighted by Gasteiger charge is -2.01. The smallest absolute Gasteiger partial charge is 0.146 e. The van der Waals surface area contributed by atoms with Crippen LogP contribution in [0.2, 0.25) is 0 Å². The van der Waals surface area contributed by atoms with Crippen LogP contribution >= 0.6 is 27.3 Å². The molecule has 2 heterocycles. The number of benzene rings is 1. The van der Waals surface area contributed by atoms with Crippen molar-refractivity contribution in [2.75, 3.05) is 5.43 Å². The number of nitrogens with zero attached hydrogens (tertiary/aromatic N) is 2. The second-order valence-electron chi connectivity index (χ2n) is 3.93. The van der Waals surface area contributed by atoms with Crippen molar-refractivity contribution in [3.63, 3.8) is 0 Å². The maximum absolute atomic E-state index is 4.48. The van der Waals surface area contributed by atoms with Gasteiger partial charge in [-0.05, 0) is 40.2 Å². The van der Waals surface area contributed by atoms with E-state index in [1.165, 1.54) is 0 Å². The van der Waals surface area contributed by atoms with Gasteiger partial charge >= 0.3 is 0 Å². The average Bonchev–Trinajstić information content (AvgIpc) is 2.84. The van der Waals surface area contributed by atoms with Gasteiger partial charge in [-0.1, -0.05) is 18.2 Å². The Balaban J connectivity index is 1.76. The third-order valence-electron chi connectivity index (χ3n) is 2.56. The summed E-state index contributed by atoms with van der Waals surface area (Å²) in [5.74, 6) is 0.741. The first-order valence-corrected chi connectivity index (χ1v) is 7.37. The number of pyridine rings is 1. The van der Waals surface area contributed by atoms with Crippen LogP contribution in [-0.4, -0.2) is 11.2 Å². The molecular weight excluding hydrogens is 322 g/mol. The van der Waals surface area contributed by atoms with Gasteiger partial charge in [0.25, 0.3) is 0 Å². The van der Waals surface area contributed by atoms with E-state index >= 15 is 0 Å². The number of hydrazone groups is 1. The molecule has 0 fully saturated rings. The van der Waals surface area contributed by atoms with Gasteiger partial charge in [0.05, 0.1) is 11.7 Å². The maximum atomic E-state index is 4.48. The summed E-state index contributed by atoms with van der Waals surface area (Å²) in [6.07, 6.45) is 1.78. The zero-order valence-electron chi connectivity index (χ0n) is 9.88. The van der Waals surface area contributed by atoms with Crippen molar-refractivity contribution in [1.29, 1.82) is 0 Å². The van der Waals surface area contributed by atoms with Crippen LogP contribution in [0.3, 0.4) is 0 Å². The zero-order valence-corrected chi connectivity index (χ0v) is 12.3. The molecule has 0 aliphatic carbocycles. The second-order valence-corrected chi connectivity index (χ2v) is 5.78. The van der Waals surface area contributed by atoms with E-state index in [-0.39, 0.29) is 0 Å². The fourth-order valence-electron chi connectivity index (χ4n) is 1.69. The summed E-state index contributed by atoms with van der Waals surface area (Å²) in [6.45, 7) is 0. The van der Waals surface area contributed by atoms with Crippen LogP contribution in [0.5, 0.6) is 0 Å². The Labute approximate surface area is 123 Å². The van der Waals surface area contributed by atoms with Crippen molar-refractivity contribution in [2.24, 2.45) is 5.10 Å². The summed E-state index contributed by atoms with van der Waals surface area (Å²) >= 11 is 5.04. The minimum atomic E-state index is 0.741. The van der Waals surface area contributed by atoms with Crippen LogP contribution in [0.25, 0.3) is 10.9 Å². The fraction of sp³-hybridized carbons (Fsp3) is 0. The predicted molar refractivity (Wildman–Crippen MR) is 85.0 cm³/mol. The number of fused-ring (bicyclic) bond motifs is 1. The van der Waals surface area contributed by atoms with Gasteiger partial charge in [-0.3, -0.25) is 5.43 Å². The van der Waals surface area contributed by atoms with Gasteiger partial charge in [-0.15, -0.1) is 11.3 Å². The normalized spacial score (nSPS) is 11.2. The van der Waals surface area contributed by atoms with E-state index in [1.807, 2.05) is 47.8 Å². The summed E-state index contributed by atoms with van der Waals surface area (Å²) in [6, 6.07) is 14.0. The van der Waals surface area contributed by atoms with E-state index in [2.05, 4.69) is 31.4 Å². The number of rotatable bonds is 3. The molecule has 0 spiro atoms. The molecule has 0 bridgehead atoms. The van der Waals surface area contributed by atoms with Gasteiger partial charge in [0.15, 0.2) is 0 Å². The van der Waals surface area contributed by atoms with Crippen LogP contribution < -0.4 is 5.43 Å². The second kappa shape index (κ2) is 5.50. The standard InChI is InChI=1S/C14H10BrN3S/c15-11-7-12(19-9-11)8-16-18-14-6-5-10-3-1-2-4-13(10)17-14/h1-9H,(H,17,18)/b16-8+. The number of aromatic nitrogens is 1. The predicted octanol–water partition coefficient (Wildman–Crippen LogP) is 4.50. The zero-order chi connectivity index (χ0) is 13.1. The summed E-state index contributed by atoms with van der Waals surface area (Å²) in [4.78, 5) is 5.56. The molecule has 0 amide bonds. The average molecular weight is 332 g/mol. The van der Waals surface area contributed by atoms with Crippen molar-refractivity contribution >= 4 is 50.2 Å². The lowest BCUT2D eigenvalue weighted by molar-refractivity contribution is 1.27. The Hall–Kier alpha value is -1.72. The fourth-order valence-corrected chi connectivity index (χ4v) is 2.99. The Morgan fingerprint density at radius 1 is 1.21 bits per heavy atom. The molecule has 5 heteroatoms. The minimum Gasteiger partial charge on any atom is -0.261 e. The molecule has 0 radical (unpaired) electrons. The van der Waals surface area contributed by atoms with Gasteiger partial charge < -0.3 is 0 Å². The number of halogens is 1. The highest BCUT2D eigenvalue weighted by Crippen LogP contribution is 2.18. The first-order valence-electron chi connectivity index (χ1n) is 5.70. The summed E-state index contributed by atoms with van der Waals surface area (Å²) in [5.41, 5.74) is 3.90. The van der Waals surface area contributed by atoms with Crippen molar-refractivity contribution < 1.29 is 0 Å². The molecule has 2 aromatic heterocycles. The Morgan fingerprint density at radius 2 is 2.11 bits per heavy atom. The third kappa shape index (κ3) is 3.00. The highest BCUT2D eigenvalue weighted by Gasteiger charge is 1.96. The van der Waals surface area contributed by atoms with Crippen LogP contribution in [0.1, 0.15) is 4.88 Å². The number of nitrogens with one attached hydrogen (secondary N) is 1. The van der Waals surface area contributed by atoms with Gasteiger partial charge in [0.1, 0.15) is 5.82 Å². The molecule has 0 saturated carbocycles. The molecule has 0 aliphatic heterocycles. The number of hydrogen-bond acceptors (Lipinski definition) is 4. The molecule has 0 aliphatic rings. The van der Waals surface area contributed by atoms with Gasteiger partial charge in [-0.25, -0.2) is 4.98 Å². The summed E-state index contributed by atoms with van der Waals surface area (Å²) in [7, 11) is 0. The lowest BCUT2D eigenvalue weighted by Crippen LogP contribution is -1.92. The van der Waals surface area contributed by atoms with Crippen LogP contribution in [0.4, 0.5) is 5.82 Å². The van der Waals surface area contributed by atoms with E-state index in [0.29, 0.717) is 0 Å². The molecular formula is C14H10BrN3S. The Bertz CT molecular complexity index is 736. The highest BCUT2D eigenvalue weighted by molar-refractivity contribution is 9.10. The summed E-state index contributed by atoms with van der Waals surface area (Å²) in [5, 5.41) is 7.33. The number of thiophene rings is 1. The largest absolute Gasteiger partial charge is 0.261 e. The molecule has 3 rings (SSSR count). The minimum absolute atomic E-state index is 0.741. The van der Waals surface area contributed by atoms with E-state index in [0.717, 1.165) is 26.1 Å². The molecule has 3 nitrogen and oxygen atoms in total. The maximum Gasteiger partial charge on any atom is 0.146 e. The molecule has 19 heavy (non-hydrogen) atoms. The van der Waals surface area contributed by atoms with E-state index in [1.54, 1.807) is 17.6 Å². The van der Waals surface area contributed by atoms with Gasteiger partial charge in [-0.2, -0.15) is 5.10 Å². The quantitative estimate of drug-likeness (QED) is 0.566. The van der Waals surface area contributed by atoms with Crippen molar-refractivity contribution in [3.8, 4) is 0 Å². The first kappa shape index (κ1) is 12.3. The van der Waals surface area contributed by atoms with E-state index < -0.39 is 0 Å². The van der Waals surface area contributed by atoms with E-state index in [9.17, 15) is 0 Å². The highest BCUT2D eigenvalue weighted by atomic mass is 79.9. The first-order chi connectivity index (χ1) is 9.31. The molecule has 1 aromatic carbocycles. The van der Waals surface area contributed by atoms with E-state index in [4.69, 9.17) is 0 Å².